The van der Waals surface area contributed by atoms with Crippen LogP contribution in [-0.4, -0.2) is 11.7 Å². The average Bonchev–Trinajstić information content (AvgIpc) is 2.16. The van der Waals surface area contributed by atoms with Crippen molar-refractivity contribution in [3.05, 3.63) is 0 Å². The molecule has 1 saturated carbocycles. The van der Waals surface area contributed by atoms with E-state index in [0.29, 0.717) is 11.5 Å². The third-order valence-electron chi connectivity index (χ3n) is 5.20. The molecule has 16 heavy (non-hydrogen) atoms. The van der Waals surface area contributed by atoms with Crippen molar-refractivity contribution in [1.29, 1.82) is 0 Å². The first-order chi connectivity index (χ1) is 7.40. The van der Waals surface area contributed by atoms with E-state index in [-0.39, 0.29) is 5.60 Å². The molecule has 1 aliphatic heterocycles. The summed E-state index contributed by atoms with van der Waals surface area (Å²) in [5, 5.41) is 0. The topological polar surface area (TPSA) is 9.23 Å². The summed E-state index contributed by atoms with van der Waals surface area (Å²) >= 11 is 3.12. The SMILES string of the molecule is C[C@@H]1CC[C@H]2C(C)(C)[C@@H]([Hg][Br])CC[C@]2(C)O1. The zero-order valence-electron chi connectivity index (χ0n) is 11.1. The van der Waals surface area contributed by atoms with Gasteiger partial charge in [-0.1, -0.05) is 0 Å². The van der Waals surface area contributed by atoms with Crippen LogP contribution in [0.2, 0.25) is 3.43 Å². The van der Waals surface area contributed by atoms with Gasteiger partial charge in [-0.15, -0.1) is 0 Å². The number of halogens is 1. The molecule has 1 saturated heterocycles. The summed E-state index contributed by atoms with van der Waals surface area (Å²) in [6, 6.07) is 0. The van der Waals surface area contributed by atoms with Gasteiger partial charge in [0.15, 0.2) is 0 Å². The van der Waals surface area contributed by atoms with E-state index in [4.69, 9.17) is 4.74 Å². The molecule has 1 nitrogen and oxygen atoms in total. The van der Waals surface area contributed by atoms with E-state index in [1.807, 2.05) is 0 Å². The molecule has 1 heterocycles. The van der Waals surface area contributed by atoms with Gasteiger partial charge in [-0.3, -0.25) is 0 Å². The summed E-state index contributed by atoms with van der Waals surface area (Å²) in [5.74, 6) is 0.785. The van der Waals surface area contributed by atoms with Crippen molar-refractivity contribution in [2.75, 3.05) is 0 Å². The normalized spacial score (nSPS) is 46.9. The quantitative estimate of drug-likeness (QED) is 0.505. The minimum absolute atomic E-state index is 0.174. The molecule has 1 aliphatic carbocycles. The van der Waals surface area contributed by atoms with E-state index in [2.05, 4.69) is 39.6 Å². The van der Waals surface area contributed by atoms with Crippen LogP contribution in [0.5, 0.6) is 0 Å². The van der Waals surface area contributed by atoms with E-state index >= 15 is 0 Å². The Kier molecular flexibility index (Phi) is 4.15. The zero-order chi connectivity index (χ0) is 12.0. The first kappa shape index (κ1) is 13.8. The molecule has 0 aromatic heterocycles. The third kappa shape index (κ3) is 2.27. The monoisotopic (exact) mass is 476 g/mol. The molecule has 0 aromatic carbocycles. The van der Waals surface area contributed by atoms with Crippen LogP contribution in [0.25, 0.3) is 0 Å². The van der Waals surface area contributed by atoms with Crippen LogP contribution >= 0.6 is 11.9 Å². The molecule has 0 aromatic rings. The number of hydrogen-bond donors (Lipinski definition) is 0. The molecule has 4 atom stereocenters. The molecule has 2 rings (SSSR count). The molecule has 2 aliphatic rings. The minimum atomic E-state index is -0.789. The number of fused-ring (bicyclic) bond motifs is 1. The Morgan fingerprint density at radius 2 is 1.88 bits per heavy atom. The first-order valence-electron chi connectivity index (χ1n) is 6.64. The summed E-state index contributed by atoms with van der Waals surface area (Å²) in [7, 11) is 0. The van der Waals surface area contributed by atoms with Gasteiger partial charge in [0.05, 0.1) is 0 Å². The average molecular weight is 476 g/mol. The maximum absolute atomic E-state index is 6.32. The van der Waals surface area contributed by atoms with Gasteiger partial charge in [0.25, 0.3) is 0 Å². The fraction of sp³-hybridized carbons (Fsp3) is 1.00. The number of ether oxygens (including phenoxy) is 1. The van der Waals surface area contributed by atoms with Crippen LogP contribution in [-0.2, 0) is 26.9 Å². The van der Waals surface area contributed by atoms with Crippen molar-refractivity contribution in [2.45, 2.75) is 68.5 Å². The van der Waals surface area contributed by atoms with Crippen molar-refractivity contribution in [1.82, 2.24) is 0 Å². The van der Waals surface area contributed by atoms with Gasteiger partial charge in [-0.2, -0.15) is 0 Å². The first-order valence-corrected chi connectivity index (χ1v) is 21.7. The Morgan fingerprint density at radius 3 is 2.50 bits per heavy atom. The summed E-state index contributed by atoms with van der Waals surface area (Å²) in [5.41, 5.74) is 0.686. The van der Waals surface area contributed by atoms with Crippen LogP contribution in [0, 0.1) is 11.3 Å². The summed E-state index contributed by atoms with van der Waals surface area (Å²) in [4.78, 5) is 0. The summed E-state index contributed by atoms with van der Waals surface area (Å²) < 4.78 is 7.35. The molecule has 2 fully saturated rings. The molecular weight excluding hydrogens is 453 g/mol. The Labute approximate surface area is 118 Å². The summed E-state index contributed by atoms with van der Waals surface area (Å²) in [6.45, 7) is 9.61. The van der Waals surface area contributed by atoms with Crippen molar-refractivity contribution >= 4 is 11.9 Å². The van der Waals surface area contributed by atoms with Gasteiger partial charge < -0.3 is 0 Å². The van der Waals surface area contributed by atoms with E-state index in [9.17, 15) is 0 Å². The van der Waals surface area contributed by atoms with Crippen LogP contribution in [0.1, 0.15) is 53.4 Å². The fourth-order valence-electron chi connectivity index (χ4n) is 4.09. The third-order valence-corrected chi connectivity index (χ3v) is 19.2. The van der Waals surface area contributed by atoms with Crippen LogP contribution < -0.4 is 0 Å². The molecule has 0 bridgehead atoms. The van der Waals surface area contributed by atoms with Crippen LogP contribution in [0.15, 0.2) is 0 Å². The van der Waals surface area contributed by atoms with E-state index in [1.54, 1.807) is 0 Å². The van der Waals surface area contributed by atoms with Crippen molar-refractivity contribution in [3.63, 3.8) is 0 Å². The van der Waals surface area contributed by atoms with Gasteiger partial charge in [0.2, 0.25) is 0 Å². The molecule has 0 radical (unpaired) electrons. The Morgan fingerprint density at radius 1 is 1.19 bits per heavy atom. The molecule has 3 heteroatoms. The molecule has 0 spiro atoms. The summed E-state index contributed by atoms with van der Waals surface area (Å²) in [6.07, 6.45) is 5.81. The van der Waals surface area contributed by atoms with Crippen molar-refractivity contribution < 1.29 is 26.9 Å². The van der Waals surface area contributed by atoms with Crippen molar-refractivity contribution in [2.24, 2.45) is 11.3 Å². The van der Waals surface area contributed by atoms with Gasteiger partial charge in [0.1, 0.15) is 0 Å². The molecule has 90 valence electrons. The second kappa shape index (κ2) is 4.81. The van der Waals surface area contributed by atoms with E-state index in [0.717, 1.165) is 9.34 Å². The predicted octanol–water partition coefficient (Wildman–Crippen LogP) is 4.56. The predicted molar refractivity (Wildman–Crippen MR) is 67.4 cm³/mol. The van der Waals surface area contributed by atoms with Crippen LogP contribution in [0.3, 0.4) is 0 Å². The second-order valence-corrected chi connectivity index (χ2v) is 17.3. The van der Waals surface area contributed by atoms with E-state index in [1.165, 1.54) is 25.7 Å². The van der Waals surface area contributed by atoms with Gasteiger partial charge in [-0.25, -0.2) is 0 Å². The van der Waals surface area contributed by atoms with Gasteiger partial charge >= 0.3 is 119 Å². The Balaban J connectivity index is 2.23. The van der Waals surface area contributed by atoms with Gasteiger partial charge in [-0.05, 0) is 0 Å². The number of hydrogen-bond acceptors (Lipinski definition) is 1. The molecular formula is C13H23BrHgO. The fourth-order valence-corrected chi connectivity index (χ4v) is 18.3. The van der Waals surface area contributed by atoms with Crippen LogP contribution in [0.4, 0.5) is 0 Å². The molecule has 0 amide bonds. The molecule has 0 N–H and O–H groups in total. The Bertz CT molecular complexity index is 264. The zero-order valence-corrected chi connectivity index (χ0v) is 18.1. The van der Waals surface area contributed by atoms with E-state index < -0.39 is 22.1 Å². The van der Waals surface area contributed by atoms with Gasteiger partial charge in [0, 0.05) is 0 Å². The maximum atomic E-state index is 6.32. The standard InChI is InChI=1S/C13H23O.BrH.Hg/c1-10-6-7-11-12(2,3)8-5-9-13(11,4)14-10;;/h8,10-11H,5-7,9H2,1-4H3;1H;/q;;+1/p-1/t10-,11+,13+;;/m1../s1. The van der Waals surface area contributed by atoms with Crippen molar-refractivity contribution in [3.8, 4) is 0 Å². The molecule has 0 unspecified atom stereocenters. The Hall–Kier alpha value is 1.38. The number of rotatable bonds is 1. The second-order valence-electron chi connectivity index (χ2n) is 6.58.